The van der Waals surface area contributed by atoms with Gasteiger partial charge in [-0.3, -0.25) is 10.1 Å². The predicted octanol–water partition coefficient (Wildman–Crippen LogP) is 0.834. The largest absolute Gasteiger partial charge is 0.339 e. The van der Waals surface area contributed by atoms with Crippen LogP contribution in [0.25, 0.3) is 0 Å². The van der Waals surface area contributed by atoms with E-state index in [0.717, 1.165) is 10.8 Å². The molecule has 18 heavy (non-hydrogen) atoms. The van der Waals surface area contributed by atoms with Crippen LogP contribution in [0.15, 0.2) is 24.3 Å². The highest BCUT2D eigenvalue weighted by Crippen LogP contribution is 2.05. The van der Waals surface area contributed by atoms with E-state index in [-0.39, 0.29) is 12.5 Å². The fourth-order valence-electron chi connectivity index (χ4n) is 1.10. The Kier molecular flexibility index (Phi) is 9.57. The lowest BCUT2D eigenvalue weighted by Crippen LogP contribution is -2.31. The third-order valence-corrected chi connectivity index (χ3v) is 1.87. The summed E-state index contributed by atoms with van der Waals surface area (Å²) in [5.41, 5.74) is 1.38. The van der Waals surface area contributed by atoms with Crippen LogP contribution in [0.2, 0.25) is 0 Å². The Balaban J connectivity index is 0.000000873. The fourth-order valence-corrected chi connectivity index (χ4v) is 1.10. The molecule has 3 N–H and O–H groups in total. The van der Waals surface area contributed by atoms with Gasteiger partial charge in [0.2, 0.25) is 5.23 Å². The third kappa shape index (κ3) is 6.85. The topological polar surface area (TPSA) is 87.7 Å². The molecule has 0 saturated heterocycles. The predicted molar refractivity (Wildman–Crippen MR) is 68.5 cm³/mol. The molecular formula is C11H14N2O4S. The van der Waals surface area contributed by atoms with Crippen LogP contribution in [0, 0.1) is 0 Å². The number of carbonyl (C=O) groups is 1. The lowest BCUT2D eigenvalue weighted by molar-refractivity contribution is -0.253. The number of carbonyl (C=O) groups excluding carboxylic acids is 2. The average molecular weight is 270 g/mol. The third-order valence-electron chi connectivity index (χ3n) is 1.87. The first-order chi connectivity index (χ1) is 8.69. The van der Waals surface area contributed by atoms with E-state index >= 15 is 0 Å². The zero-order valence-corrected chi connectivity index (χ0v) is 10.6. The molecule has 0 fully saturated rings. The molecule has 98 valence electrons. The van der Waals surface area contributed by atoms with Crippen LogP contribution < -0.4 is 10.6 Å². The monoisotopic (exact) mass is 270 g/mol. The summed E-state index contributed by atoms with van der Waals surface area (Å²) in [4.78, 5) is 23.9. The first-order valence-electron chi connectivity index (χ1n) is 4.97. The fraction of sp³-hybridized carbons (Fsp3) is 0.273. The highest BCUT2D eigenvalue weighted by atomic mass is 32.1. The van der Waals surface area contributed by atoms with Crippen LogP contribution in [-0.2, 0) is 16.3 Å². The van der Waals surface area contributed by atoms with Crippen LogP contribution >= 0.6 is 12.2 Å². The summed E-state index contributed by atoms with van der Waals surface area (Å²) >= 11 is 3.59. The average Bonchev–Trinajstić information content (AvgIpc) is 2.38. The van der Waals surface area contributed by atoms with Gasteiger partial charge >= 0.3 is 0 Å². The summed E-state index contributed by atoms with van der Waals surface area (Å²) in [5, 5.41) is 14.8. The van der Waals surface area contributed by atoms with Crippen molar-refractivity contribution in [2.45, 2.75) is 6.61 Å². The summed E-state index contributed by atoms with van der Waals surface area (Å²) in [6, 6.07) is 6.81. The van der Waals surface area contributed by atoms with E-state index in [1.165, 1.54) is 0 Å². The van der Waals surface area contributed by atoms with Gasteiger partial charge < -0.3 is 10.6 Å². The van der Waals surface area contributed by atoms with Crippen molar-refractivity contribution in [2.24, 2.45) is 0 Å². The summed E-state index contributed by atoms with van der Waals surface area (Å²) in [5.74, 6) is -0.138. The number of hydrogen-bond acceptors (Lipinski definition) is 6. The Hall–Kier alpha value is -1.63. The van der Waals surface area contributed by atoms with Crippen molar-refractivity contribution in [1.82, 2.24) is 10.6 Å². The summed E-state index contributed by atoms with van der Waals surface area (Å²) < 4.78 is 0. The molecule has 1 rings (SSSR count). The van der Waals surface area contributed by atoms with Crippen LogP contribution in [0.3, 0.4) is 0 Å². The van der Waals surface area contributed by atoms with Gasteiger partial charge in [0.05, 0.1) is 6.67 Å². The van der Waals surface area contributed by atoms with E-state index in [2.05, 4.69) is 27.7 Å². The molecule has 0 radical (unpaired) electrons. The Morgan fingerprint density at radius 2 is 2.00 bits per heavy atom. The molecule has 0 aliphatic carbocycles. The van der Waals surface area contributed by atoms with Crippen molar-refractivity contribution in [3.05, 3.63) is 35.4 Å². The van der Waals surface area contributed by atoms with Gasteiger partial charge in [-0.1, -0.05) is 12.1 Å². The SMILES string of the molecule is CNCNC(=O)c1ccc(COO)cc1.O=C=S. The molecule has 1 amide bonds. The summed E-state index contributed by atoms with van der Waals surface area (Å²) in [6.07, 6.45) is 0. The summed E-state index contributed by atoms with van der Waals surface area (Å²) in [7, 11) is 1.75. The first kappa shape index (κ1) is 16.4. The standard InChI is InChI=1S/C10H14N2O3.COS/c1-11-7-12-10(13)9-4-2-8(3-5-9)6-15-14;2-1-3/h2-5,11,14H,6-7H2,1H3,(H,12,13);. The number of hydrogen-bond donors (Lipinski definition) is 3. The Bertz CT molecular complexity index is 389. The van der Waals surface area contributed by atoms with Crippen molar-refractivity contribution >= 4 is 23.4 Å². The minimum absolute atomic E-state index is 0.123. The van der Waals surface area contributed by atoms with Gasteiger partial charge in [0.1, 0.15) is 6.61 Å². The molecule has 1 aromatic carbocycles. The molecule has 0 spiro atoms. The van der Waals surface area contributed by atoms with E-state index < -0.39 is 0 Å². The van der Waals surface area contributed by atoms with E-state index in [1.54, 1.807) is 31.3 Å². The van der Waals surface area contributed by atoms with Gasteiger partial charge in [-0.05, 0) is 24.7 Å². The highest BCUT2D eigenvalue weighted by molar-refractivity contribution is 7.78. The van der Waals surface area contributed by atoms with E-state index in [9.17, 15) is 4.79 Å². The smallest absolute Gasteiger partial charge is 0.252 e. The number of nitrogens with one attached hydrogen (secondary N) is 2. The van der Waals surface area contributed by atoms with Crippen molar-refractivity contribution < 1.29 is 19.7 Å². The Morgan fingerprint density at radius 3 is 2.44 bits per heavy atom. The van der Waals surface area contributed by atoms with E-state index in [4.69, 9.17) is 10.1 Å². The maximum Gasteiger partial charge on any atom is 0.252 e. The number of benzene rings is 1. The molecule has 0 aliphatic heterocycles. The van der Waals surface area contributed by atoms with E-state index in [0.29, 0.717) is 12.2 Å². The number of thiocarbonyl (C=S) groups is 1. The van der Waals surface area contributed by atoms with Gasteiger partial charge in [-0.15, -0.1) is 0 Å². The normalized spacial score (nSPS) is 8.78. The molecule has 7 heteroatoms. The molecule has 0 heterocycles. The quantitative estimate of drug-likeness (QED) is 0.318. The number of rotatable bonds is 5. The van der Waals surface area contributed by atoms with Crippen molar-refractivity contribution in [3.63, 3.8) is 0 Å². The van der Waals surface area contributed by atoms with Crippen LogP contribution in [0.4, 0.5) is 0 Å². The second-order valence-electron chi connectivity index (χ2n) is 3.09. The minimum Gasteiger partial charge on any atom is -0.339 e. The van der Waals surface area contributed by atoms with Gasteiger partial charge in [0.15, 0.2) is 0 Å². The van der Waals surface area contributed by atoms with Crippen LogP contribution in [0.5, 0.6) is 0 Å². The second-order valence-corrected chi connectivity index (χ2v) is 3.26. The van der Waals surface area contributed by atoms with Crippen molar-refractivity contribution in [1.29, 1.82) is 0 Å². The molecule has 1 aromatic rings. The molecule has 0 bridgehead atoms. The first-order valence-corrected chi connectivity index (χ1v) is 5.37. The van der Waals surface area contributed by atoms with Gasteiger partial charge in [0.25, 0.3) is 5.91 Å². The molecule has 0 aliphatic rings. The zero-order chi connectivity index (χ0) is 13.8. The van der Waals surface area contributed by atoms with Gasteiger partial charge in [-0.2, -0.15) is 0 Å². The van der Waals surface area contributed by atoms with Crippen LogP contribution in [-0.4, -0.2) is 30.1 Å². The van der Waals surface area contributed by atoms with Gasteiger partial charge in [-0.25, -0.2) is 9.68 Å². The molecule has 6 nitrogen and oxygen atoms in total. The molecule has 0 atom stereocenters. The molecule has 0 saturated carbocycles. The van der Waals surface area contributed by atoms with Crippen molar-refractivity contribution in [3.8, 4) is 0 Å². The molecule has 0 unspecified atom stereocenters. The Morgan fingerprint density at radius 1 is 1.44 bits per heavy atom. The maximum absolute atomic E-state index is 11.4. The van der Waals surface area contributed by atoms with Crippen LogP contribution in [0.1, 0.15) is 15.9 Å². The molecule has 0 aromatic heterocycles. The lowest BCUT2D eigenvalue weighted by atomic mass is 10.1. The van der Waals surface area contributed by atoms with E-state index in [1.807, 2.05) is 0 Å². The Labute approximate surface area is 110 Å². The lowest BCUT2D eigenvalue weighted by Gasteiger charge is -2.04. The highest BCUT2D eigenvalue weighted by Gasteiger charge is 2.03. The number of amides is 1. The van der Waals surface area contributed by atoms with Crippen molar-refractivity contribution in [2.75, 3.05) is 13.7 Å². The second kappa shape index (κ2) is 10.5. The van der Waals surface area contributed by atoms with Gasteiger partial charge in [0, 0.05) is 17.8 Å². The minimum atomic E-state index is -0.138. The maximum atomic E-state index is 11.4. The zero-order valence-electron chi connectivity index (χ0n) is 9.80. The summed E-state index contributed by atoms with van der Waals surface area (Å²) in [6.45, 7) is 0.554. The molecular weight excluding hydrogens is 256 g/mol.